The molecule has 3 rings (SSSR count). The van der Waals surface area contributed by atoms with Crippen LogP contribution in [0.5, 0.6) is 0 Å². The summed E-state index contributed by atoms with van der Waals surface area (Å²) in [7, 11) is 0. The quantitative estimate of drug-likeness (QED) is 0.209. The van der Waals surface area contributed by atoms with E-state index >= 15 is 0 Å². The molecular formula is C15H16N5NaO6S2. The van der Waals surface area contributed by atoms with Crippen molar-refractivity contribution in [3.05, 3.63) is 16.7 Å². The molecule has 14 heteroatoms. The Bertz CT molecular complexity index is 875. The monoisotopic (exact) mass is 449 g/mol. The van der Waals surface area contributed by atoms with Crippen molar-refractivity contribution in [2.75, 3.05) is 30.0 Å². The number of ether oxygens (including phenoxy) is 1. The topological polar surface area (TPSA) is 167 Å². The van der Waals surface area contributed by atoms with E-state index in [1.807, 2.05) is 0 Å². The van der Waals surface area contributed by atoms with Crippen LogP contribution in [0.15, 0.2) is 16.7 Å². The Morgan fingerprint density at radius 3 is 2.76 bits per heavy atom. The molecule has 0 aromatic carbocycles. The first-order valence-electron chi connectivity index (χ1n) is 8.03. The van der Waals surface area contributed by atoms with Gasteiger partial charge in [0.05, 0.1) is 18.2 Å². The smallest absolute Gasteiger partial charge is 0.543 e. The summed E-state index contributed by atoms with van der Waals surface area (Å²) in [6.45, 7) is 0.845. The fourth-order valence-electron chi connectivity index (χ4n) is 2.74. The maximum atomic E-state index is 12.4. The standard InChI is InChI=1S/C15H17N5O6S2.Na/c1-6(21)26-3-7-4-27-13-10(12(23)20(13)11(7)14(24)25)19-9(22)2-17-8-5-28-15(16)18-8;/h5,10,13,17H,2-4H2,1H3,(H2,16,18)(H,19,22)(H,24,25);/q;+1/p-1/t10-,13-;/m1./s1. The molecule has 150 valence electrons. The summed E-state index contributed by atoms with van der Waals surface area (Å²) in [6, 6.07) is -0.857. The molecule has 4 N–H and O–H groups in total. The van der Waals surface area contributed by atoms with Crippen LogP contribution in [-0.4, -0.2) is 64.0 Å². The van der Waals surface area contributed by atoms with Gasteiger partial charge in [0.2, 0.25) is 5.91 Å². The molecule has 0 bridgehead atoms. The second-order valence-corrected chi connectivity index (χ2v) is 7.89. The molecule has 0 aliphatic carbocycles. The fourth-order valence-corrected chi connectivity index (χ4v) is 4.58. The molecule has 0 saturated carbocycles. The summed E-state index contributed by atoms with van der Waals surface area (Å²) in [6.07, 6.45) is 0. The number of hydrogen-bond acceptors (Lipinski definition) is 11. The number of carbonyl (C=O) groups is 4. The van der Waals surface area contributed by atoms with Crippen LogP contribution in [0.4, 0.5) is 10.9 Å². The number of nitrogens with one attached hydrogen (secondary N) is 2. The van der Waals surface area contributed by atoms with Gasteiger partial charge in [0, 0.05) is 23.6 Å². The first-order valence-corrected chi connectivity index (χ1v) is 9.96. The molecule has 11 nitrogen and oxygen atoms in total. The van der Waals surface area contributed by atoms with E-state index in [0.29, 0.717) is 10.9 Å². The largest absolute Gasteiger partial charge is 1.00 e. The molecule has 0 spiro atoms. The number of rotatable bonds is 7. The van der Waals surface area contributed by atoms with Crippen molar-refractivity contribution in [1.82, 2.24) is 15.2 Å². The Hall–Kier alpha value is -1.80. The molecule has 2 atom stereocenters. The normalized spacial score (nSPS) is 20.2. The molecular weight excluding hydrogens is 433 g/mol. The van der Waals surface area contributed by atoms with Crippen LogP contribution in [0.25, 0.3) is 0 Å². The molecule has 2 aliphatic rings. The van der Waals surface area contributed by atoms with Crippen molar-refractivity contribution in [2.45, 2.75) is 18.3 Å². The summed E-state index contributed by atoms with van der Waals surface area (Å²) >= 11 is 2.49. The SMILES string of the molecule is CC(=O)OCC1=C(C(=O)[O-])N2C(=O)[C@@H](NC(=O)CNc3csc(N)n3)[C@H]2SC1.[Na+]. The van der Waals surface area contributed by atoms with Gasteiger partial charge in [-0.15, -0.1) is 23.1 Å². The third-order valence-corrected chi connectivity index (χ3v) is 5.97. The van der Waals surface area contributed by atoms with E-state index in [1.165, 1.54) is 30.0 Å². The third kappa shape index (κ3) is 5.22. The van der Waals surface area contributed by atoms with Crippen LogP contribution >= 0.6 is 23.1 Å². The maximum absolute atomic E-state index is 12.4. The van der Waals surface area contributed by atoms with Crippen molar-refractivity contribution >= 4 is 57.8 Å². The number of aromatic nitrogens is 1. The van der Waals surface area contributed by atoms with Gasteiger partial charge in [0.1, 0.15) is 23.8 Å². The number of aliphatic carboxylic acids is 1. The number of fused-ring (bicyclic) bond motifs is 1. The number of amides is 2. The number of anilines is 2. The zero-order chi connectivity index (χ0) is 20.4. The molecule has 29 heavy (non-hydrogen) atoms. The van der Waals surface area contributed by atoms with Crippen molar-refractivity contribution in [1.29, 1.82) is 0 Å². The molecule has 1 fully saturated rings. The fraction of sp³-hybridized carbons (Fsp3) is 0.400. The molecule has 0 unspecified atom stereocenters. The summed E-state index contributed by atoms with van der Waals surface area (Å²) in [5.74, 6) is -2.44. The van der Waals surface area contributed by atoms with E-state index in [0.717, 1.165) is 4.90 Å². The summed E-state index contributed by atoms with van der Waals surface area (Å²) in [5.41, 5.74) is 5.47. The number of nitrogens with two attached hydrogens (primary N) is 1. The number of hydrogen-bond donors (Lipinski definition) is 3. The van der Waals surface area contributed by atoms with Gasteiger partial charge < -0.3 is 31.0 Å². The summed E-state index contributed by atoms with van der Waals surface area (Å²) in [4.78, 5) is 52.0. The van der Waals surface area contributed by atoms with Gasteiger partial charge >= 0.3 is 35.5 Å². The van der Waals surface area contributed by atoms with Crippen LogP contribution in [-0.2, 0) is 23.9 Å². The number of carboxylic acid groups (broad SMARTS) is 1. The van der Waals surface area contributed by atoms with Gasteiger partial charge in [-0.1, -0.05) is 0 Å². The minimum absolute atomic E-state index is 0. The van der Waals surface area contributed by atoms with Crippen molar-refractivity contribution in [3.63, 3.8) is 0 Å². The number of carboxylic acids is 1. The molecule has 0 radical (unpaired) electrons. The second-order valence-electron chi connectivity index (χ2n) is 5.90. The molecule has 1 aromatic heterocycles. The van der Waals surface area contributed by atoms with Crippen LogP contribution < -0.4 is 51.0 Å². The Balaban J connectivity index is 0.00000300. The summed E-state index contributed by atoms with van der Waals surface area (Å²) in [5, 5.41) is 18.3. The third-order valence-electron chi connectivity index (χ3n) is 3.96. The predicted molar refractivity (Wildman–Crippen MR) is 98.7 cm³/mol. The molecule has 2 aliphatic heterocycles. The van der Waals surface area contributed by atoms with Gasteiger partial charge in [0.25, 0.3) is 5.91 Å². The minimum Gasteiger partial charge on any atom is -0.543 e. The van der Waals surface area contributed by atoms with Crippen LogP contribution in [0.2, 0.25) is 0 Å². The van der Waals surface area contributed by atoms with Gasteiger partial charge in [-0.2, -0.15) is 0 Å². The molecule has 3 heterocycles. The van der Waals surface area contributed by atoms with Crippen molar-refractivity contribution in [3.8, 4) is 0 Å². The molecule has 1 saturated heterocycles. The number of β-lactam (4-membered cyclic amide) rings is 1. The van der Waals surface area contributed by atoms with E-state index in [9.17, 15) is 24.3 Å². The maximum Gasteiger partial charge on any atom is 1.00 e. The van der Waals surface area contributed by atoms with E-state index in [1.54, 1.807) is 5.38 Å². The minimum atomic E-state index is -1.53. The van der Waals surface area contributed by atoms with Crippen molar-refractivity contribution in [2.24, 2.45) is 0 Å². The van der Waals surface area contributed by atoms with Gasteiger partial charge in [-0.3, -0.25) is 19.3 Å². The van der Waals surface area contributed by atoms with E-state index in [2.05, 4.69) is 15.6 Å². The van der Waals surface area contributed by atoms with Crippen LogP contribution in [0.3, 0.4) is 0 Å². The van der Waals surface area contributed by atoms with E-state index < -0.39 is 35.2 Å². The van der Waals surface area contributed by atoms with Gasteiger partial charge in [-0.05, 0) is 0 Å². The van der Waals surface area contributed by atoms with Gasteiger partial charge in [-0.25, -0.2) is 4.98 Å². The number of thioether (sulfide) groups is 1. The van der Waals surface area contributed by atoms with Crippen LogP contribution in [0.1, 0.15) is 6.92 Å². The number of nitrogen functional groups attached to an aromatic ring is 1. The van der Waals surface area contributed by atoms with Crippen molar-refractivity contribution < 1.29 is 58.6 Å². The van der Waals surface area contributed by atoms with E-state index in [4.69, 9.17) is 10.5 Å². The predicted octanol–water partition coefficient (Wildman–Crippen LogP) is -4.89. The van der Waals surface area contributed by atoms with Gasteiger partial charge in [0.15, 0.2) is 5.13 Å². The number of carbonyl (C=O) groups excluding carboxylic acids is 4. The zero-order valence-corrected chi connectivity index (χ0v) is 19.2. The molecule has 2 amide bonds. The zero-order valence-electron chi connectivity index (χ0n) is 15.6. The first kappa shape index (κ1) is 23.5. The number of esters is 1. The Morgan fingerprint density at radius 1 is 1.45 bits per heavy atom. The summed E-state index contributed by atoms with van der Waals surface area (Å²) < 4.78 is 4.84. The Morgan fingerprint density at radius 2 is 2.17 bits per heavy atom. The Kier molecular flexibility index (Phi) is 7.94. The second kappa shape index (κ2) is 9.80. The number of nitrogens with zero attached hydrogens (tertiary/aromatic N) is 2. The van der Waals surface area contributed by atoms with E-state index in [-0.39, 0.29) is 59.7 Å². The average Bonchev–Trinajstić information content (AvgIpc) is 3.06. The average molecular weight is 449 g/mol. The molecule has 1 aromatic rings. The Labute approximate surface area is 195 Å². The van der Waals surface area contributed by atoms with Crippen LogP contribution in [0, 0.1) is 0 Å². The number of thiazole rings is 1. The first-order chi connectivity index (χ1) is 13.3.